The van der Waals surface area contributed by atoms with Gasteiger partial charge in [-0.15, -0.1) is 0 Å². The molecule has 14 heavy (non-hydrogen) atoms. The van der Waals surface area contributed by atoms with Crippen molar-refractivity contribution in [3.63, 3.8) is 0 Å². The molecule has 2 fully saturated rings. The summed E-state index contributed by atoms with van der Waals surface area (Å²) < 4.78 is 5.46. The van der Waals surface area contributed by atoms with Crippen LogP contribution in [0.4, 0.5) is 0 Å². The maximum atomic E-state index is 9.34. The molecule has 3 unspecified atom stereocenters. The quantitative estimate of drug-likeness (QED) is 0.695. The highest BCUT2D eigenvalue weighted by atomic mass is 16.5. The lowest BCUT2D eigenvalue weighted by molar-refractivity contribution is -0.00158. The minimum atomic E-state index is 0.274. The molecule has 1 saturated heterocycles. The molecule has 3 heteroatoms. The molecule has 0 bridgehead atoms. The van der Waals surface area contributed by atoms with Crippen LogP contribution in [0.1, 0.15) is 32.1 Å². The number of hydrogen-bond acceptors (Lipinski definition) is 3. The van der Waals surface area contributed by atoms with E-state index in [1.165, 1.54) is 25.7 Å². The lowest BCUT2D eigenvalue weighted by atomic mass is 9.68. The van der Waals surface area contributed by atoms with Gasteiger partial charge in [0, 0.05) is 13.2 Å². The third kappa shape index (κ3) is 1.69. The van der Waals surface area contributed by atoms with Gasteiger partial charge in [0.05, 0.1) is 12.7 Å². The first kappa shape index (κ1) is 10.4. The maximum Gasteiger partial charge on any atom is 0.0590 e. The molecule has 2 aliphatic rings. The fourth-order valence-electron chi connectivity index (χ4n) is 3.23. The maximum absolute atomic E-state index is 9.34. The summed E-state index contributed by atoms with van der Waals surface area (Å²) in [5.74, 6) is 0. The first-order chi connectivity index (χ1) is 6.80. The third-order valence-corrected chi connectivity index (χ3v) is 4.10. The zero-order chi connectivity index (χ0) is 10.0. The molecule has 3 atom stereocenters. The molecular formula is C11H21NO2. The molecule has 2 N–H and O–H groups in total. The Kier molecular flexibility index (Phi) is 3.10. The van der Waals surface area contributed by atoms with E-state index in [4.69, 9.17) is 4.74 Å². The molecular weight excluding hydrogens is 178 g/mol. The van der Waals surface area contributed by atoms with E-state index in [0.29, 0.717) is 17.6 Å². The van der Waals surface area contributed by atoms with Crippen LogP contribution in [0.3, 0.4) is 0 Å². The van der Waals surface area contributed by atoms with E-state index >= 15 is 0 Å². The van der Waals surface area contributed by atoms with Crippen LogP contribution >= 0.6 is 0 Å². The standard InChI is InChI=1S/C11H21NO2/c1-14-9-3-2-4-11(7-9)5-6-12-10(11)8-13/h9-10,12-13H,2-8H2,1H3. The van der Waals surface area contributed by atoms with E-state index < -0.39 is 0 Å². The average Bonchev–Trinajstić information content (AvgIpc) is 2.60. The van der Waals surface area contributed by atoms with Gasteiger partial charge < -0.3 is 15.2 Å². The highest BCUT2D eigenvalue weighted by Crippen LogP contribution is 2.45. The lowest BCUT2D eigenvalue weighted by Gasteiger charge is -2.41. The number of rotatable bonds is 2. The fraction of sp³-hybridized carbons (Fsp3) is 1.00. The second-order valence-electron chi connectivity index (χ2n) is 4.76. The summed E-state index contributed by atoms with van der Waals surface area (Å²) in [6, 6.07) is 0.306. The number of ether oxygens (including phenoxy) is 1. The van der Waals surface area contributed by atoms with Crippen LogP contribution in [0.25, 0.3) is 0 Å². The average molecular weight is 199 g/mol. The Morgan fingerprint density at radius 3 is 3.07 bits per heavy atom. The predicted molar refractivity (Wildman–Crippen MR) is 55.2 cm³/mol. The van der Waals surface area contributed by atoms with Crippen molar-refractivity contribution in [2.75, 3.05) is 20.3 Å². The zero-order valence-electron chi connectivity index (χ0n) is 8.96. The fourth-order valence-corrected chi connectivity index (χ4v) is 3.23. The summed E-state index contributed by atoms with van der Waals surface area (Å²) in [4.78, 5) is 0. The molecule has 2 rings (SSSR count). The highest BCUT2D eigenvalue weighted by molar-refractivity contribution is 5.00. The number of nitrogens with one attached hydrogen (secondary N) is 1. The molecule has 0 radical (unpaired) electrons. The number of aliphatic hydroxyl groups is 1. The van der Waals surface area contributed by atoms with Crippen molar-refractivity contribution in [1.29, 1.82) is 0 Å². The minimum Gasteiger partial charge on any atom is -0.395 e. The van der Waals surface area contributed by atoms with Crippen LogP contribution in [0.2, 0.25) is 0 Å². The van der Waals surface area contributed by atoms with Gasteiger partial charge in [-0.05, 0) is 37.6 Å². The van der Waals surface area contributed by atoms with Crippen molar-refractivity contribution in [2.45, 2.75) is 44.2 Å². The van der Waals surface area contributed by atoms with E-state index in [9.17, 15) is 5.11 Å². The van der Waals surface area contributed by atoms with Crippen LogP contribution in [-0.2, 0) is 4.74 Å². The van der Waals surface area contributed by atoms with Crippen LogP contribution in [-0.4, -0.2) is 37.5 Å². The van der Waals surface area contributed by atoms with Gasteiger partial charge in [-0.25, -0.2) is 0 Å². The van der Waals surface area contributed by atoms with E-state index in [1.807, 2.05) is 0 Å². The van der Waals surface area contributed by atoms with Crippen molar-refractivity contribution in [2.24, 2.45) is 5.41 Å². The second kappa shape index (κ2) is 4.17. The van der Waals surface area contributed by atoms with Gasteiger partial charge in [-0.1, -0.05) is 6.42 Å². The van der Waals surface area contributed by atoms with Crippen LogP contribution < -0.4 is 5.32 Å². The van der Waals surface area contributed by atoms with Gasteiger partial charge >= 0.3 is 0 Å². The summed E-state index contributed by atoms with van der Waals surface area (Å²) in [5, 5.41) is 12.7. The molecule has 1 spiro atoms. The Morgan fingerprint density at radius 1 is 1.50 bits per heavy atom. The van der Waals surface area contributed by atoms with Crippen LogP contribution in [0.15, 0.2) is 0 Å². The summed E-state index contributed by atoms with van der Waals surface area (Å²) in [6.45, 7) is 1.33. The topological polar surface area (TPSA) is 41.5 Å². The molecule has 1 heterocycles. The summed E-state index contributed by atoms with van der Waals surface area (Å²) in [6.07, 6.45) is 6.44. The molecule has 1 aliphatic heterocycles. The highest BCUT2D eigenvalue weighted by Gasteiger charge is 2.45. The smallest absolute Gasteiger partial charge is 0.0590 e. The Balaban J connectivity index is 2.05. The molecule has 1 aliphatic carbocycles. The summed E-state index contributed by atoms with van der Waals surface area (Å²) in [7, 11) is 1.81. The molecule has 0 aromatic carbocycles. The molecule has 0 aromatic rings. The number of methoxy groups -OCH3 is 1. The van der Waals surface area contributed by atoms with Crippen LogP contribution in [0.5, 0.6) is 0 Å². The molecule has 0 amide bonds. The lowest BCUT2D eigenvalue weighted by Crippen LogP contribution is -2.44. The Hall–Kier alpha value is -0.120. The monoisotopic (exact) mass is 199 g/mol. The van der Waals surface area contributed by atoms with Gasteiger partial charge in [-0.2, -0.15) is 0 Å². The van der Waals surface area contributed by atoms with Gasteiger partial charge in [0.1, 0.15) is 0 Å². The van der Waals surface area contributed by atoms with Crippen molar-refractivity contribution < 1.29 is 9.84 Å². The number of hydrogen-bond donors (Lipinski definition) is 2. The molecule has 1 saturated carbocycles. The summed E-state index contributed by atoms with van der Waals surface area (Å²) >= 11 is 0. The Labute approximate surface area is 85.8 Å². The SMILES string of the molecule is COC1CCCC2(CCNC2CO)C1. The van der Waals surface area contributed by atoms with E-state index in [0.717, 1.165) is 13.0 Å². The van der Waals surface area contributed by atoms with E-state index in [2.05, 4.69) is 5.32 Å². The molecule has 82 valence electrons. The van der Waals surface area contributed by atoms with Gasteiger partial charge in [0.2, 0.25) is 0 Å². The first-order valence-electron chi connectivity index (χ1n) is 5.68. The van der Waals surface area contributed by atoms with Crippen molar-refractivity contribution >= 4 is 0 Å². The van der Waals surface area contributed by atoms with Crippen molar-refractivity contribution in [3.8, 4) is 0 Å². The number of aliphatic hydroxyl groups excluding tert-OH is 1. The first-order valence-corrected chi connectivity index (χ1v) is 5.68. The van der Waals surface area contributed by atoms with Gasteiger partial charge in [-0.3, -0.25) is 0 Å². The van der Waals surface area contributed by atoms with Gasteiger partial charge in [0.15, 0.2) is 0 Å². The zero-order valence-corrected chi connectivity index (χ0v) is 8.96. The third-order valence-electron chi connectivity index (χ3n) is 4.10. The van der Waals surface area contributed by atoms with Gasteiger partial charge in [0.25, 0.3) is 0 Å². The van der Waals surface area contributed by atoms with E-state index in [1.54, 1.807) is 7.11 Å². The van der Waals surface area contributed by atoms with Crippen molar-refractivity contribution in [1.82, 2.24) is 5.32 Å². The van der Waals surface area contributed by atoms with E-state index in [-0.39, 0.29) is 6.61 Å². The Morgan fingerprint density at radius 2 is 2.36 bits per heavy atom. The summed E-state index contributed by atoms with van der Waals surface area (Å²) in [5.41, 5.74) is 0.327. The normalized spacial score (nSPS) is 43.3. The largest absolute Gasteiger partial charge is 0.395 e. The minimum absolute atomic E-state index is 0.274. The van der Waals surface area contributed by atoms with Crippen molar-refractivity contribution in [3.05, 3.63) is 0 Å². The van der Waals surface area contributed by atoms with Crippen LogP contribution in [0, 0.1) is 5.41 Å². The second-order valence-corrected chi connectivity index (χ2v) is 4.76. The Bertz CT molecular complexity index is 198. The molecule has 0 aromatic heterocycles. The molecule has 3 nitrogen and oxygen atoms in total. The predicted octanol–water partition coefficient (Wildman–Crippen LogP) is 0.916.